The molecule has 3 amide bonds. The second-order valence-electron chi connectivity index (χ2n) is 8.58. The third-order valence-electron chi connectivity index (χ3n) is 6.04. The summed E-state index contributed by atoms with van der Waals surface area (Å²) < 4.78 is 11.5. The number of imide groups is 1. The number of benzene rings is 2. The van der Waals surface area contributed by atoms with Gasteiger partial charge in [0.2, 0.25) is 0 Å². The van der Waals surface area contributed by atoms with E-state index < -0.39 is 0 Å². The minimum Gasteiger partial charge on any atom is -0.493 e. The van der Waals surface area contributed by atoms with E-state index in [1.165, 1.54) is 11.3 Å². The molecule has 2 aromatic rings. The van der Waals surface area contributed by atoms with Crippen molar-refractivity contribution in [3.05, 3.63) is 64.1 Å². The van der Waals surface area contributed by atoms with Crippen LogP contribution in [0.1, 0.15) is 54.1 Å². The Bertz CT molecular complexity index is 1120. The van der Waals surface area contributed by atoms with E-state index in [2.05, 4.69) is 0 Å². The zero-order valence-electron chi connectivity index (χ0n) is 20.1. The first kappa shape index (κ1) is 24.9. The summed E-state index contributed by atoms with van der Waals surface area (Å²) in [5.41, 5.74) is 2.38. The molecular weight excluding hydrogens is 464 g/mol. The standard InChI is InChI=1S/C27H30N2O5S/c1-3-13-29-26(31)24(35-27(29)32)17-20-9-12-22(23(16-20)33-2)34-18-19-7-10-21(11-8-19)25(30)28-14-5-4-6-15-28/h7-12,16-17H,3-6,13-15,18H2,1-2H3/b24-17-. The Morgan fingerprint density at radius 1 is 1.03 bits per heavy atom. The Labute approximate surface area is 210 Å². The predicted molar refractivity (Wildman–Crippen MR) is 136 cm³/mol. The molecule has 8 heteroatoms. The molecule has 2 saturated heterocycles. The number of hydrogen-bond acceptors (Lipinski definition) is 6. The van der Waals surface area contributed by atoms with Crippen molar-refractivity contribution in [2.75, 3.05) is 26.7 Å². The monoisotopic (exact) mass is 494 g/mol. The number of hydrogen-bond donors (Lipinski definition) is 0. The molecule has 2 aliphatic rings. The fraction of sp³-hybridized carbons (Fsp3) is 0.370. The number of amides is 3. The summed E-state index contributed by atoms with van der Waals surface area (Å²) in [5.74, 6) is 0.922. The van der Waals surface area contributed by atoms with E-state index in [0.717, 1.165) is 55.2 Å². The SMILES string of the molecule is CCCN1C(=O)S/C(=C\c2ccc(OCc3ccc(C(=O)N4CCCCC4)cc3)c(OC)c2)C1=O. The van der Waals surface area contributed by atoms with Crippen molar-refractivity contribution in [3.63, 3.8) is 0 Å². The molecule has 2 aliphatic heterocycles. The summed E-state index contributed by atoms with van der Waals surface area (Å²) in [6.45, 7) is 4.34. The Morgan fingerprint density at radius 2 is 1.77 bits per heavy atom. The van der Waals surface area contributed by atoms with Gasteiger partial charge < -0.3 is 14.4 Å². The highest BCUT2D eigenvalue weighted by Crippen LogP contribution is 2.34. The maximum absolute atomic E-state index is 12.6. The highest BCUT2D eigenvalue weighted by molar-refractivity contribution is 8.18. The van der Waals surface area contributed by atoms with E-state index in [4.69, 9.17) is 9.47 Å². The van der Waals surface area contributed by atoms with Crippen molar-refractivity contribution >= 4 is 34.9 Å². The zero-order valence-corrected chi connectivity index (χ0v) is 20.9. The molecule has 0 saturated carbocycles. The molecule has 35 heavy (non-hydrogen) atoms. The lowest BCUT2D eigenvalue weighted by Crippen LogP contribution is -2.35. The summed E-state index contributed by atoms with van der Waals surface area (Å²) in [6.07, 6.45) is 5.75. The number of nitrogens with zero attached hydrogens (tertiary/aromatic N) is 2. The van der Waals surface area contributed by atoms with Crippen LogP contribution in [-0.2, 0) is 11.4 Å². The maximum atomic E-state index is 12.6. The number of rotatable bonds is 8. The Hall–Kier alpha value is -3.26. The second kappa shape index (κ2) is 11.4. The van der Waals surface area contributed by atoms with Crippen LogP contribution in [0, 0.1) is 0 Å². The number of methoxy groups -OCH3 is 1. The molecule has 0 spiro atoms. The first-order valence-electron chi connectivity index (χ1n) is 11.9. The van der Waals surface area contributed by atoms with Gasteiger partial charge in [0.25, 0.3) is 17.1 Å². The van der Waals surface area contributed by atoms with Crippen molar-refractivity contribution in [2.45, 2.75) is 39.2 Å². The zero-order chi connectivity index (χ0) is 24.8. The number of carbonyl (C=O) groups is 3. The van der Waals surface area contributed by atoms with Gasteiger partial charge >= 0.3 is 0 Å². The van der Waals surface area contributed by atoms with E-state index in [1.807, 2.05) is 42.2 Å². The van der Waals surface area contributed by atoms with E-state index in [0.29, 0.717) is 35.1 Å². The van der Waals surface area contributed by atoms with Crippen LogP contribution >= 0.6 is 11.8 Å². The lowest BCUT2D eigenvalue weighted by Gasteiger charge is -2.26. The van der Waals surface area contributed by atoms with Gasteiger partial charge in [-0.1, -0.05) is 25.1 Å². The van der Waals surface area contributed by atoms with Gasteiger partial charge in [-0.05, 0) is 78.9 Å². The van der Waals surface area contributed by atoms with Crippen LogP contribution in [0.4, 0.5) is 4.79 Å². The fourth-order valence-electron chi connectivity index (χ4n) is 4.15. The summed E-state index contributed by atoms with van der Waals surface area (Å²) in [4.78, 5) is 40.8. The molecule has 0 aromatic heterocycles. The molecule has 2 aromatic carbocycles. The van der Waals surface area contributed by atoms with Crippen molar-refractivity contribution in [3.8, 4) is 11.5 Å². The van der Waals surface area contributed by atoms with Gasteiger partial charge in [-0.2, -0.15) is 0 Å². The van der Waals surface area contributed by atoms with Crippen molar-refractivity contribution in [2.24, 2.45) is 0 Å². The Balaban J connectivity index is 1.40. The van der Waals surface area contributed by atoms with Gasteiger partial charge in [-0.15, -0.1) is 0 Å². The third kappa shape index (κ3) is 5.88. The van der Waals surface area contributed by atoms with Crippen molar-refractivity contribution < 1.29 is 23.9 Å². The third-order valence-corrected chi connectivity index (χ3v) is 6.95. The topological polar surface area (TPSA) is 76.2 Å². The second-order valence-corrected chi connectivity index (χ2v) is 9.58. The van der Waals surface area contributed by atoms with Crippen LogP contribution < -0.4 is 9.47 Å². The highest BCUT2D eigenvalue weighted by Gasteiger charge is 2.34. The van der Waals surface area contributed by atoms with Crippen LogP contribution in [0.25, 0.3) is 6.08 Å². The lowest BCUT2D eigenvalue weighted by molar-refractivity contribution is -0.122. The van der Waals surface area contributed by atoms with Gasteiger partial charge in [0.15, 0.2) is 11.5 Å². The van der Waals surface area contributed by atoms with E-state index in [-0.39, 0.29) is 17.1 Å². The summed E-state index contributed by atoms with van der Waals surface area (Å²) in [7, 11) is 1.56. The summed E-state index contributed by atoms with van der Waals surface area (Å²) >= 11 is 0.953. The lowest BCUT2D eigenvalue weighted by atomic mass is 10.1. The Morgan fingerprint density at radius 3 is 2.46 bits per heavy atom. The minimum atomic E-state index is -0.261. The molecule has 7 nitrogen and oxygen atoms in total. The molecule has 0 bridgehead atoms. The number of piperidine rings is 1. The smallest absolute Gasteiger partial charge is 0.293 e. The molecule has 2 fully saturated rings. The van der Waals surface area contributed by atoms with Gasteiger partial charge in [0.1, 0.15) is 6.61 Å². The molecule has 0 N–H and O–H groups in total. The number of likely N-dealkylation sites (tertiary alicyclic amines) is 1. The van der Waals surface area contributed by atoms with Crippen LogP contribution in [0.15, 0.2) is 47.4 Å². The normalized spacial score (nSPS) is 17.3. The van der Waals surface area contributed by atoms with Gasteiger partial charge in [-0.3, -0.25) is 19.3 Å². The van der Waals surface area contributed by atoms with Gasteiger partial charge in [0.05, 0.1) is 12.0 Å². The molecule has 0 radical (unpaired) electrons. The quantitative estimate of drug-likeness (QED) is 0.461. The summed E-state index contributed by atoms with van der Waals surface area (Å²) in [5, 5.41) is -0.237. The average molecular weight is 495 g/mol. The van der Waals surface area contributed by atoms with Crippen LogP contribution in [0.3, 0.4) is 0 Å². The number of carbonyl (C=O) groups excluding carboxylic acids is 3. The molecule has 0 unspecified atom stereocenters. The molecular formula is C27H30N2O5S. The molecule has 4 rings (SSSR count). The van der Waals surface area contributed by atoms with E-state index in [1.54, 1.807) is 25.3 Å². The molecule has 0 aliphatic carbocycles. The largest absolute Gasteiger partial charge is 0.493 e. The van der Waals surface area contributed by atoms with Crippen LogP contribution in [-0.4, -0.2) is 53.6 Å². The van der Waals surface area contributed by atoms with Crippen molar-refractivity contribution in [1.29, 1.82) is 0 Å². The Kier molecular flexibility index (Phi) is 8.13. The first-order chi connectivity index (χ1) is 17.0. The highest BCUT2D eigenvalue weighted by atomic mass is 32.2. The van der Waals surface area contributed by atoms with Gasteiger partial charge in [0, 0.05) is 25.2 Å². The molecule has 2 heterocycles. The summed E-state index contributed by atoms with van der Waals surface area (Å²) in [6, 6.07) is 12.9. The number of ether oxygens (including phenoxy) is 2. The number of thioether (sulfide) groups is 1. The van der Waals surface area contributed by atoms with Gasteiger partial charge in [-0.25, -0.2) is 0 Å². The fourth-order valence-corrected chi connectivity index (χ4v) is 5.01. The molecule has 0 atom stereocenters. The average Bonchev–Trinajstić information content (AvgIpc) is 3.15. The van der Waals surface area contributed by atoms with E-state index >= 15 is 0 Å². The van der Waals surface area contributed by atoms with Crippen molar-refractivity contribution in [1.82, 2.24) is 9.80 Å². The first-order valence-corrected chi connectivity index (χ1v) is 12.8. The minimum absolute atomic E-state index is 0.0852. The maximum Gasteiger partial charge on any atom is 0.293 e. The van der Waals surface area contributed by atoms with Crippen LogP contribution in [0.5, 0.6) is 11.5 Å². The van der Waals surface area contributed by atoms with E-state index in [9.17, 15) is 14.4 Å². The molecule has 184 valence electrons. The predicted octanol–water partition coefficient (Wildman–Crippen LogP) is 5.35. The van der Waals surface area contributed by atoms with Crippen LogP contribution in [0.2, 0.25) is 0 Å².